The predicted molar refractivity (Wildman–Crippen MR) is 81.6 cm³/mol. The molecule has 0 fully saturated rings. The monoisotopic (exact) mass is 264 g/mol. The molecule has 0 saturated heterocycles. The molecule has 0 aliphatic heterocycles. The lowest BCUT2D eigenvalue weighted by atomic mass is 10.1. The smallest absolute Gasteiger partial charge is 0.201 e. The summed E-state index contributed by atoms with van der Waals surface area (Å²) in [7, 11) is 0. The highest BCUT2D eigenvalue weighted by Crippen LogP contribution is 2.34. The van der Waals surface area contributed by atoms with Crippen LogP contribution in [0.5, 0.6) is 0 Å². The van der Waals surface area contributed by atoms with Gasteiger partial charge in [0.1, 0.15) is 0 Å². The van der Waals surface area contributed by atoms with E-state index in [0.717, 1.165) is 35.5 Å². The van der Waals surface area contributed by atoms with Gasteiger partial charge in [-0.25, -0.2) is 4.98 Å². The highest BCUT2D eigenvalue weighted by atomic mass is 15.1. The van der Waals surface area contributed by atoms with E-state index in [1.54, 1.807) is 0 Å². The fraction of sp³-hybridized carbons (Fsp3) is 0.188. The summed E-state index contributed by atoms with van der Waals surface area (Å²) in [5.74, 6) is 0.834. The number of para-hydroxylation sites is 2. The van der Waals surface area contributed by atoms with Gasteiger partial charge in [0.15, 0.2) is 0 Å². The first kappa shape index (κ1) is 11.3. The molecule has 0 saturated carbocycles. The van der Waals surface area contributed by atoms with Gasteiger partial charge in [0, 0.05) is 5.69 Å². The third-order valence-corrected chi connectivity index (χ3v) is 3.95. The zero-order chi connectivity index (χ0) is 13.5. The molecule has 1 aliphatic rings. The van der Waals surface area contributed by atoms with E-state index in [-0.39, 0.29) is 0 Å². The molecule has 3 aromatic rings. The number of imidazole rings is 1. The zero-order valence-corrected chi connectivity index (χ0v) is 11.1. The summed E-state index contributed by atoms with van der Waals surface area (Å²) >= 11 is 0. The van der Waals surface area contributed by atoms with Gasteiger partial charge in [-0.05, 0) is 48.2 Å². The van der Waals surface area contributed by atoms with Gasteiger partial charge in [-0.15, -0.1) is 0 Å². The highest BCUT2D eigenvalue weighted by molar-refractivity contribution is 5.77. The maximum atomic E-state index is 5.84. The summed E-state index contributed by atoms with van der Waals surface area (Å²) < 4.78 is 0. The number of fused-ring (bicyclic) bond motifs is 2. The number of nitrogens with two attached hydrogens (primary N) is 1. The van der Waals surface area contributed by atoms with Crippen molar-refractivity contribution in [1.82, 2.24) is 9.97 Å². The Balaban J connectivity index is 1.64. The van der Waals surface area contributed by atoms with Gasteiger partial charge < -0.3 is 16.0 Å². The molecule has 2 aromatic carbocycles. The van der Waals surface area contributed by atoms with Crippen LogP contribution in [0.2, 0.25) is 0 Å². The third kappa shape index (κ3) is 1.81. The molecular weight excluding hydrogens is 248 g/mol. The molecule has 20 heavy (non-hydrogen) atoms. The Hall–Kier alpha value is -2.49. The Labute approximate surface area is 117 Å². The second-order valence-electron chi connectivity index (χ2n) is 5.30. The molecular formula is C16H16N4. The van der Waals surface area contributed by atoms with Crippen LogP contribution in [0.4, 0.5) is 11.6 Å². The van der Waals surface area contributed by atoms with Crippen molar-refractivity contribution in [2.24, 2.45) is 0 Å². The molecule has 1 aliphatic carbocycles. The third-order valence-electron chi connectivity index (χ3n) is 3.95. The number of benzene rings is 2. The van der Waals surface area contributed by atoms with Crippen LogP contribution in [0.25, 0.3) is 11.0 Å². The second-order valence-corrected chi connectivity index (χ2v) is 5.30. The Kier molecular flexibility index (Phi) is 2.42. The fourth-order valence-electron chi connectivity index (χ4n) is 2.97. The topological polar surface area (TPSA) is 66.7 Å². The molecule has 4 rings (SSSR count). The number of hydrogen-bond donors (Lipinski definition) is 3. The minimum Gasteiger partial charge on any atom is -0.399 e. The molecule has 0 spiro atoms. The van der Waals surface area contributed by atoms with E-state index in [1.807, 2.05) is 30.3 Å². The van der Waals surface area contributed by atoms with Crippen molar-refractivity contribution >= 4 is 22.7 Å². The van der Waals surface area contributed by atoms with Gasteiger partial charge in [-0.3, -0.25) is 0 Å². The van der Waals surface area contributed by atoms with Gasteiger partial charge in [0.2, 0.25) is 5.95 Å². The van der Waals surface area contributed by atoms with Crippen LogP contribution >= 0.6 is 0 Å². The van der Waals surface area contributed by atoms with Crippen molar-refractivity contribution in [2.45, 2.75) is 18.9 Å². The van der Waals surface area contributed by atoms with Crippen LogP contribution < -0.4 is 11.1 Å². The molecule has 1 unspecified atom stereocenters. The fourth-order valence-corrected chi connectivity index (χ4v) is 2.97. The van der Waals surface area contributed by atoms with E-state index in [2.05, 4.69) is 27.4 Å². The number of aromatic amines is 1. The first-order chi connectivity index (χ1) is 9.79. The van der Waals surface area contributed by atoms with Gasteiger partial charge in [-0.1, -0.05) is 18.2 Å². The number of rotatable bonds is 2. The number of hydrogen-bond acceptors (Lipinski definition) is 3. The summed E-state index contributed by atoms with van der Waals surface area (Å²) in [6.45, 7) is 0. The van der Waals surface area contributed by atoms with E-state index in [4.69, 9.17) is 5.73 Å². The van der Waals surface area contributed by atoms with Gasteiger partial charge in [0.05, 0.1) is 17.1 Å². The molecule has 0 radical (unpaired) electrons. The van der Waals surface area contributed by atoms with Crippen molar-refractivity contribution in [3.8, 4) is 0 Å². The SMILES string of the molecule is Nc1ccc2c(c1)CCC2Nc1nc2ccccc2[nH]1. The highest BCUT2D eigenvalue weighted by Gasteiger charge is 2.23. The number of nitrogens with zero attached hydrogens (tertiary/aromatic N) is 1. The first-order valence-electron chi connectivity index (χ1n) is 6.89. The molecule has 1 aromatic heterocycles. The maximum Gasteiger partial charge on any atom is 0.201 e. The minimum absolute atomic E-state index is 0.311. The summed E-state index contributed by atoms with van der Waals surface area (Å²) in [4.78, 5) is 7.89. The minimum atomic E-state index is 0.311. The van der Waals surface area contributed by atoms with Gasteiger partial charge >= 0.3 is 0 Å². The van der Waals surface area contributed by atoms with E-state index in [9.17, 15) is 0 Å². The van der Waals surface area contributed by atoms with E-state index in [1.165, 1.54) is 11.1 Å². The molecule has 1 atom stereocenters. The van der Waals surface area contributed by atoms with E-state index in [0.29, 0.717) is 6.04 Å². The van der Waals surface area contributed by atoms with Crippen LogP contribution in [-0.2, 0) is 6.42 Å². The lowest BCUT2D eigenvalue weighted by Gasteiger charge is -2.13. The molecule has 4 nitrogen and oxygen atoms in total. The molecule has 100 valence electrons. The van der Waals surface area contributed by atoms with Crippen molar-refractivity contribution in [2.75, 3.05) is 11.1 Å². The summed E-state index contributed by atoms with van der Waals surface area (Å²) in [6.07, 6.45) is 2.15. The average molecular weight is 264 g/mol. The average Bonchev–Trinajstić information content (AvgIpc) is 3.02. The largest absolute Gasteiger partial charge is 0.399 e. The lowest BCUT2D eigenvalue weighted by Crippen LogP contribution is -2.08. The maximum absolute atomic E-state index is 5.84. The van der Waals surface area contributed by atoms with Gasteiger partial charge in [-0.2, -0.15) is 0 Å². The van der Waals surface area contributed by atoms with Crippen LogP contribution in [0.1, 0.15) is 23.6 Å². The normalized spacial score (nSPS) is 17.3. The zero-order valence-electron chi connectivity index (χ0n) is 11.1. The summed E-state index contributed by atoms with van der Waals surface area (Å²) in [5.41, 5.74) is 11.4. The Bertz CT molecular complexity index is 742. The number of anilines is 2. The van der Waals surface area contributed by atoms with Crippen LogP contribution in [0.3, 0.4) is 0 Å². The standard InChI is InChI=1S/C16H16N4/c17-11-6-7-12-10(9-11)5-8-13(12)18-16-19-14-3-1-2-4-15(14)20-16/h1-4,6-7,9,13H,5,8,17H2,(H2,18,19,20). The summed E-state index contributed by atoms with van der Waals surface area (Å²) in [6, 6.07) is 14.5. The number of aromatic nitrogens is 2. The van der Waals surface area contributed by atoms with Crippen LogP contribution in [-0.4, -0.2) is 9.97 Å². The Morgan fingerprint density at radius 1 is 1.20 bits per heavy atom. The lowest BCUT2D eigenvalue weighted by molar-refractivity contribution is 0.754. The van der Waals surface area contributed by atoms with Crippen LogP contribution in [0, 0.1) is 0 Å². The van der Waals surface area contributed by atoms with E-state index >= 15 is 0 Å². The molecule has 4 heteroatoms. The number of nitrogen functional groups attached to an aromatic ring is 1. The molecule has 1 heterocycles. The molecule has 0 amide bonds. The van der Waals surface area contributed by atoms with Crippen molar-refractivity contribution in [3.63, 3.8) is 0 Å². The molecule has 4 N–H and O–H groups in total. The van der Waals surface area contributed by atoms with Gasteiger partial charge in [0.25, 0.3) is 0 Å². The Morgan fingerprint density at radius 2 is 2.10 bits per heavy atom. The van der Waals surface area contributed by atoms with Crippen molar-refractivity contribution < 1.29 is 0 Å². The summed E-state index contributed by atoms with van der Waals surface area (Å²) in [5, 5.41) is 3.50. The van der Waals surface area contributed by atoms with Crippen LogP contribution in [0.15, 0.2) is 42.5 Å². The number of nitrogens with one attached hydrogen (secondary N) is 2. The molecule has 0 bridgehead atoms. The predicted octanol–water partition coefficient (Wildman–Crippen LogP) is 3.24. The number of aryl methyl sites for hydroxylation is 1. The van der Waals surface area contributed by atoms with Crippen molar-refractivity contribution in [1.29, 1.82) is 0 Å². The first-order valence-corrected chi connectivity index (χ1v) is 6.89. The Morgan fingerprint density at radius 3 is 3.00 bits per heavy atom. The quantitative estimate of drug-likeness (QED) is 0.622. The number of H-pyrrole nitrogens is 1. The van der Waals surface area contributed by atoms with E-state index < -0.39 is 0 Å². The van der Waals surface area contributed by atoms with Crippen molar-refractivity contribution in [3.05, 3.63) is 53.6 Å². The second kappa shape index (κ2) is 4.27.